The molecule has 0 aliphatic rings. The Morgan fingerprint density at radius 3 is 1.83 bits per heavy atom. The zero-order valence-corrected chi connectivity index (χ0v) is 30.9. The van der Waals surface area contributed by atoms with Crippen LogP contribution in [0.2, 0.25) is 0 Å². The molecule has 0 radical (unpaired) electrons. The number of hydrogen-bond donors (Lipinski definition) is 1. The zero-order chi connectivity index (χ0) is 30.2. The van der Waals surface area contributed by atoms with Crippen LogP contribution in [0.5, 0.6) is 0 Å². The van der Waals surface area contributed by atoms with Crippen molar-refractivity contribution in [3.8, 4) is 0 Å². The van der Waals surface area contributed by atoms with Crippen molar-refractivity contribution in [1.82, 2.24) is 9.55 Å². The fourth-order valence-electron chi connectivity index (χ4n) is 4.26. The summed E-state index contributed by atoms with van der Waals surface area (Å²) >= 11 is 0. The van der Waals surface area contributed by atoms with Crippen LogP contribution < -0.4 is 67.5 Å². The molecule has 0 amide bonds. The van der Waals surface area contributed by atoms with Gasteiger partial charge in [-0.3, -0.25) is 18.9 Å². The van der Waals surface area contributed by atoms with Crippen LogP contribution in [0.3, 0.4) is 0 Å². The summed E-state index contributed by atoms with van der Waals surface area (Å²) in [6.07, 6.45) is 16.4. The molecule has 12 heteroatoms. The molecule has 236 valence electrons. The Morgan fingerprint density at radius 2 is 1.39 bits per heavy atom. The maximum absolute atomic E-state index is 12.4. The Balaban J connectivity index is 0. The van der Waals surface area contributed by atoms with Gasteiger partial charge in [-0.2, -0.15) is 0 Å². The molecule has 0 spiro atoms. The first-order valence-electron chi connectivity index (χ1n) is 15.4. The van der Waals surface area contributed by atoms with Crippen molar-refractivity contribution in [2.75, 3.05) is 13.7 Å². The molecule has 0 saturated carbocycles. The molecule has 0 bridgehead atoms. The van der Waals surface area contributed by atoms with Crippen LogP contribution in [0.1, 0.15) is 137 Å². The third-order valence-corrected chi connectivity index (χ3v) is 7.61. The van der Waals surface area contributed by atoms with Gasteiger partial charge in [0.1, 0.15) is 0 Å². The van der Waals surface area contributed by atoms with E-state index in [9.17, 15) is 19.0 Å². The van der Waals surface area contributed by atoms with Gasteiger partial charge in [0, 0.05) is 19.4 Å². The monoisotopic (exact) mass is 630 g/mol. The summed E-state index contributed by atoms with van der Waals surface area (Å²) in [5.41, 5.74) is -1.22. The Bertz CT molecular complexity index is 898. The van der Waals surface area contributed by atoms with Crippen LogP contribution in [0.15, 0.2) is 21.9 Å². The number of aromatic nitrogens is 2. The molecule has 1 aromatic rings. The van der Waals surface area contributed by atoms with E-state index in [4.69, 9.17) is 14.0 Å². The van der Waals surface area contributed by atoms with E-state index in [2.05, 4.69) is 16.4 Å². The SMILES string of the molecule is CC.CCCCCCCCCCCCCCCCO[C@@H](OC(CC)C(C)OP(=O)([O-])OC)n1ccc(=O)[nH]c1=O.[K+]. The predicted octanol–water partition coefficient (Wildman–Crippen LogP) is 3.84. The number of ether oxygens (including phenoxy) is 2. The molecule has 1 N–H and O–H groups in total. The van der Waals surface area contributed by atoms with Gasteiger partial charge in [0.05, 0.1) is 18.8 Å². The first kappa shape index (κ1) is 43.5. The normalized spacial score (nSPS) is 14.7. The number of nitrogens with zero attached hydrogens (tertiary/aromatic N) is 1. The van der Waals surface area contributed by atoms with Crippen LogP contribution >= 0.6 is 7.82 Å². The fraction of sp³-hybridized carbons (Fsp3) is 0.862. The number of unbranched alkanes of at least 4 members (excludes halogenated alkanes) is 13. The molecule has 0 aromatic carbocycles. The Hall–Kier alpha value is 0.346. The number of phosphoric ester groups is 1. The summed E-state index contributed by atoms with van der Waals surface area (Å²) in [5, 5.41) is 0. The third-order valence-electron chi connectivity index (χ3n) is 6.57. The molecule has 1 heterocycles. The number of phosphoric acid groups is 1. The van der Waals surface area contributed by atoms with Crippen molar-refractivity contribution < 1.29 is 79.4 Å². The van der Waals surface area contributed by atoms with Crippen LogP contribution in [0.4, 0.5) is 0 Å². The average molecular weight is 631 g/mol. The number of nitrogens with one attached hydrogen (secondary N) is 1. The minimum atomic E-state index is -4.47. The van der Waals surface area contributed by atoms with Gasteiger partial charge in [-0.05, 0) is 19.8 Å². The number of hydrogen-bond acceptors (Lipinski definition) is 8. The van der Waals surface area contributed by atoms with Gasteiger partial charge >= 0.3 is 57.1 Å². The molecule has 0 aliphatic carbocycles. The van der Waals surface area contributed by atoms with E-state index in [0.29, 0.717) is 13.0 Å². The van der Waals surface area contributed by atoms with E-state index in [1.165, 1.54) is 89.8 Å². The topological polar surface area (TPSA) is 132 Å². The van der Waals surface area contributed by atoms with Crippen molar-refractivity contribution in [2.45, 2.75) is 150 Å². The standard InChI is InChI=1S/C27H51N2O8P.C2H6.K/c1-5-7-8-9-10-11-12-13-14-15-16-17-18-19-22-35-27(29-21-20-25(30)28-26(29)31)36-24(6-2)23(3)37-38(32,33)34-4;1-2;/h20-21,23-24,27H,5-19,22H2,1-4H3,(H,32,33)(H,28,30,31);1-2H3;/q;;+1/p-1/t23?,24?,27-;;/m0../s1. The predicted molar refractivity (Wildman–Crippen MR) is 158 cm³/mol. The summed E-state index contributed by atoms with van der Waals surface area (Å²) < 4.78 is 34.1. The number of H-pyrrole nitrogens is 1. The zero-order valence-electron chi connectivity index (χ0n) is 26.9. The maximum atomic E-state index is 12.4. The first-order valence-corrected chi connectivity index (χ1v) is 16.8. The van der Waals surface area contributed by atoms with E-state index in [1.54, 1.807) is 6.92 Å². The minimum absolute atomic E-state index is 0. The van der Waals surface area contributed by atoms with Gasteiger partial charge < -0.3 is 23.4 Å². The van der Waals surface area contributed by atoms with E-state index in [-0.39, 0.29) is 51.4 Å². The molecular formula is C29H56KN2O8P. The second-order valence-electron chi connectivity index (χ2n) is 9.81. The molecule has 0 saturated heterocycles. The van der Waals surface area contributed by atoms with Crippen LogP contribution in [0.25, 0.3) is 0 Å². The Labute approximate surface area is 290 Å². The average Bonchev–Trinajstić information content (AvgIpc) is 2.93. The van der Waals surface area contributed by atoms with E-state index in [1.807, 2.05) is 13.8 Å². The van der Waals surface area contributed by atoms with Crippen LogP contribution in [-0.4, -0.2) is 35.5 Å². The molecule has 3 unspecified atom stereocenters. The van der Waals surface area contributed by atoms with Gasteiger partial charge in [-0.25, -0.2) is 4.79 Å². The molecule has 0 fully saturated rings. The molecular weight excluding hydrogens is 574 g/mol. The maximum Gasteiger partial charge on any atom is 1.00 e. The van der Waals surface area contributed by atoms with Gasteiger partial charge in [0.25, 0.3) is 13.4 Å². The van der Waals surface area contributed by atoms with Gasteiger partial charge in [-0.15, -0.1) is 0 Å². The van der Waals surface area contributed by atoms with Gasteiger partial charge in [0.15, 0.2) is 0 Å². The summed E-state index contributed by atoms with van der Waals surface area (Å²) in [6, 6.07) is 1.20. The fourth-order valence-corrected chi connectivity index (χ4v) is 4.89. The smallest absolute Gasteiger partial charge is 0.756 e. The number of rotatable bonds is 24. The largest absolute Gasteiger partial charge is 1.00 e. The Kier molecular flexibility index (Phi) is 29.5. The molecule has 1 rings (SSSR count). The van der Waals surface area contributed by atoms with Crippen molar-refractivity contribution in [3.63, 3.8) is 0 Å². The van der Waals surface area contributed by atoms with Crippen molar-refractivity contribution in [3.05, 3.63) is 33.1 Å². The summed E-state index contributed by atoms with van der Waals surface area (Å²) in [7, 11) is -3.45. The summed E-state index contributed by atoms with van der Waals surface area (Å²) in [4.78, 5) is 37.8. The number of aromatic amines is 1. The van der Waals surface area contributed by atoms with Gasteiger partial charge in [0.2, 0.25) is 6.41 Å². The minimum Gasteiger partial charge on any atom is -0.756 e. The molecule has 41 heavy (non-hydrogen) atoms. The molecule has 4 atom stereocenters. The third kappa shape index (κ3) is 21.7. The molecule has 10 nitrogen and oxygen atoms in total. The van der Waals surface area contributed by atoms with Crippen LogP contribution in [0, 0.1) is 0 Å². The summed E-state index contributed by atoms with van der Waals surface area (Å²) in [6.45, 7) is 9.93. The first-order chi connectivity index (χ1) is 19.2. The van der Waals surface area contributed by atoms with Crippen molar-refractivity contribution in [2.24, 2.45) is 0 Å². The second kappa shape index (κ2) is 27.9. The molecule has 0 aliphatic heterocycles. The van der Waals surface area contributed by atoms with E-state index >= 15 is 0 Å². The quantitative estimate of drug-likeness (QED) is 0.0789. The summed E-state index contributed by atoms with van der Waals surface area (Å²) in [5.74, 6) is 0. The van der Waals surface area contributed by atoms with Gasteiger partial charge in [-0.1, -0.05) is 111 Å². The van der Waals surface area contributed by atoms with Crippen molar-refractivity contribution >= 4 is 7.82 Å². The molecule has 1 aromatic heterocycles. The second-order valence-corrected chi connectivity index (χ2v) is 11.3. The Morgan fingerprint density at radius 1 is 0.902 bits per heavy atom. The van der Waals surface area contributed by atoms with E-state index in [0.717, 1.165) is 30.9 Å². The van der Waals surface area contributed by atoms with E-state index < -0.39 is 37.7 Å². The van der Waals surface area contributed by atoms with Crippen molar-refractivity contribution in [1.29, 1.82) is 0 Å². The van der Waals surface area contributed by atoms with Crippen LogP contribution in [-0.2, 0) is 23.1 Å².